The third-order valence-electron chi connectivity index (χ3n) is 9.55. The minimum absolute atomic E-state index is 0. The summed E-state index contributed by atoms with van der Waals surface area (Å²) in [6.07, 6.45) is 3.69. The fourth-order valence-electron chi connectivity index (χ4n) is 6.64. The third-order valence-corrected chi connectivity index (χ3v) is 9.55. The Morgan fingerprint density at radius 3 is 1.16 bits per heavy atom. The molecule has 2 nitrogen and oxygen atoms in total. The van der Waals surface area contributed by atoms with Crippen LogP contribution < -0.4 is 0 Å². The van der Waals surface area contributed by atoms with Crippen LogP contribution in [0, 0.1) is 0 Å². The first-order valence-electron chi connectivity index (χ1n) is 17.5. The van der Waals surface area contributed by atoms with Crippen molar-refractivity contribution in [3.8, 4) is 44.8 Å². The molecule has 0 spiro atoms. The first-order chi connectivity index (χ1) is 24.0. The maximum atomic E-state index is 4.49. The van der Waals surface area contributed by atoms with Crippen LogP contribution in [-0.4, -0.2) is 9.97 Å². The molecule has 0 amide bonds. The van der Waals surface area contributed by atoms with Crippen molar-refractivity contribution in [2.24, 2.45) is 0 Å². The topological polar surface area (TPSA) is 25.8 Å². The zero-order valence-corrected chi connectivity index (χ0v) is 32.9. The summed E-state index contributed by atoms with van der Waals surface area (Å²) in [5, 5.41) is 5.09. The van der Waals surface area contributed by atoms with E-state index in [-0.39, 0.29) is 37.0 Å². The number of pyridine rings is 2. The van der Waals surface area contributed by atoms with Crippen molar-refractivity contribution in [1.82, 2.24) is 9.97 Å². The van der Waals surface area contributed by atoms with E-state index in [0.29, 0.717) is 0 Å². The van der Waals surface area contributed by atoms with Gasteiger partial charge in [-0.25, -0.2) is 0 Å². The maximum Gasteiger partial charge on any atom is 2.00 e. The number of hydrogen-bond donors (Lipinski definition) is 0. The minimum Gasteiger partial charge on any atom is -0.295 e. The van der Waals surface area contributed by atoms with Gasteiger partial charge in [0.15, 0.2) is 0 Å². The van der Waals surface area contributed by atoms with Crippen molar-refractivity contribution in [1.29, 1.82) is 0 Å². The molecule has 250 valence electrons. The van der Waals surface area contributed by atoms with Crippen LogP contribution in [0.15, 0.2) is 158 Å². The number of nitrogens with zero attached hydrogens (tertiary/aromatic N) is 2. The Bertz CT molecular complexity index is 2180. The smallest absolute Gasteiger partial charge is 0.295 e. The van der Waals surface area contributed by atoms with E-state index in [1.54, 1.807) is 0 Å². The quantitative estimate of drug-likeness (QED) is 0.168. The summed E-state index contributed by atoms with van der Waals surface area (Å²) < 4.78 is 0. The van der Waals surface area contributed by atoms with Gasteiger partial charge in [0.05, 0.1) is 0 Å². The molecule has 0 aliphatic rings. The van der Waals surface area contributed by atoms with Gasteiger partial charge in [0.1, 0.15) is 0 Å². The van der Waals surface area contributed by atoms with Crippen LogP contribution >= 0.6 is 0 Å². The van der Waals surface area contributed by atoms with Crippen molar-refractivity contribution >= 4 is 21.5 Å². The number of fused-ring (bicyclic) bond motifs is 2. The Morgan fingerprint density at radius 2 is 0.824 bits per heavy atom. The molecule has 0 saturated carbocycles. The summed E-state index contributed by atoms with van der Waals surface area (Å²) in [7, 11) is 0. The molecule has 2 heterocycles. The van der Waals surface area contributed by atoms with Gasteiger partial charge in [-0.2, -0.15) is 0 Å². The second kappa shape index (κ2) is 14.9. The molecule has 0 atom stereocenters. The second-order valence-corrected chi connectivity index (χ2v) is 15.2. The van der Waals surface area contributed by atoms with Gasteiger partial charge < -0.3 is 0 Å². The van der Waals surface area contributed by atoms with E-state index in [2.05, 4.69) is 173 Å². The fraction of sp³-hybridized carbons (Fsp3) is 0.167. The molecule has 3 heteroatoms. The first-order valence-corrected chi connectivity index (χ1v) is 17.5. The van der Waals surface area contributed by atoms with Crippen molar-refractivity contribution in [3.05, 3.63) is 169 Å². The van der Waals surface area contributed by atoms with Crippen LogP contribution in [0.5, 0.6) is 0 Å². The average molecular weight is 740 g/mol. The van der Waals surface area contributed by atoms with Gasteiger partial charge in [0.2, 0.25) is 0 Å². The number of hydrogen-bond acceptors (Lipinski definition) is 2. The molecule has 0 N–H and O–H groups in total. The van der Waals surface area contributed by atoms with E-state index in [9.17, 15) is 0 Å². The summed E-state index contributed by atoms with van der Waals surface area (Å²) in [6.45, 7) is 13.5. The molecule has 0 saturated heterocycles. The molecule has 6 aromatic carbocycles. The van der Waals surface area contributed by atoms with E-state index in [0.717, 1.165) is 11.4 Å². The molecule has 8 aromatic rings. The fourth-order valence-corrected chi connectivity index (χ4v) is 6.64. The van der Waals surface area contributed by atoms with E-state index >= 15 is 0 Å². The Labute approximate surface area is 322 Å². The van der Waals surface area contributed by atoms with Crippen molar-refractivity contribution in [3.63, 3.8) is 0 Å². The average Bonchev–Trinajstić information content (AvgIpc) is 3.77. The number of benzene rings is 4. The number of rotatable bonds is 4. The van der Waals surface area contributed by atoms with Crippen LogP contribution in [0.25, 0.3) is 66.3 Å². The predicted molar refractivity (Wildman–Crippen MR) is 214 cm³/mol. The summed E-state index contributed by atoms with van der Waals surface area (Å²) in [5.74, 6) is 0. The Morgan fingerprint density at radius 1 is 0.431 bits per heavy atom. The SMILES string of the molecule is CC(C)(C)c1ccc(-c2cccc3[cH-]c(-c4ccccn4)cc23)cc1.CC(C)(C)c1ccc(-c2cccc3[cH-]c(-c4ccccn4)cc23)cc1.[Zr+2]. The van der Waals surface area contributed by atoms with Gasteiger partial charge in [0.25, 0.3) is 0 Å². The van der Waals surface area contributed by atoms with Crippen molar-refractivity contribution in [2.75, 3.05) is 0 Å². The Kier molecular flexibility index (Phi) is 10.5. The van der Waals surface area contributed by atoms with E-state index < -0.39 is 0 Å². The molecule has 0 aliphatic heterocycles. The zero-order chi connectivity index (χ0) is 34.9. The summed E-state index contributed by atoms with van der Waals surface area (Å²) >= 11 is 0. The van der Waals surface area contributed by atoms with Crippen LogP contribution in [0.4, 0.5) is 0 Å². The summed E-state index contributed by atoms with van der Waals surface area (Å²) in [6, 6.07) is 52.0. The zero-order valence-electron chi connectivity index (χ0n) is 30.4. The predicted octanol–water partition coefficient (Wildman–Crippen LogP) is 13.2. The normalized spacial score (nSPS) is 11.6. The molecule has 0 radical (unpaired) electrons. The first kappa shape index (κ1) is 36.1. The minimum atomic E-state index is 0. The Balaban J connectivity index is 0.000000172. The van der Waals surface area contributed by atoms with Crippen molar-refractivity contribution < 1.29 is 26.2 Å². The molecular weight excluding hydrogens is 696 g/mol. The second-order valence-electron chi connectivity index (χ2n) is 15.2. The molecule has 8 rings (SSSR count). The molecule has 0 fully saturated rings. The van der Waals surface area contributed by atoms with Gasteiger partial charge in [-0.15, -0.1) is 69.1 Å². The van der Waals surface area contributed by atoms with Crippen molar-refractivity contribution in [2.45, 2.75) is 52.4 Å². The molecule has 0 bridgehead atoms. The standard InChI is InChI=1S/2C24H22N.Zr/c2*1-24(2,3)20-12-10-17(11-13-20)21-8-6-7-18-15-19(16-22(18)21)23-9-4-5-14-25-23;/h2*4-16H,1-3H3;/q2*-1;+2. The maximum absolute atomic E-state index is 4.49. The summed E-state index contributed by atoms with van der Waals surface area (Å²) in [4.78, 5) is 8.97. The van der Waals surface area contributed by atoms with Crippen LogP contribution in [0.1, 0.15) is 52.7 Å². The van der Waals surface area contributed by atoms with Gasteiger partial charge in [0, 0.05) is 23.8 Å². The molecule has 0 unspecified atom stereocenters. The number of aromatic nitrogens is 2. The van der Waals surface area contributed by atoms with Gasteiger partial charge in [-0.1, -0.05) is 150 Å². The monoisotopic (exact) mass is 738 g/mol. The summed E-state index contributed by atoms with van der Waals surface area (Å²) in [5.41, 5.74) is 12.5. The Hall–Kier alpha value is -4.72. The van der Waals surface area contributed by atoms with E-state index in [4.69, 9.17) is 0 Å². The molecular formula is C48H44N2Zr. The third kappa shape index (κ3) is 7.95. The molecule has 0 aliphatic carbocycles. The van der Waals surface area contributed by atoms with Crippen LogP contribution in [0.2, 0.25) is 0 Å². The van der Waals surface area contributed by atoms with E-state index in [1.807, 2.05) is 36.7 Å². The van der Waals surface area contributed by atoms with Crippen LogP contribution in [0.3, 0.4) is 0 Å². The van der Waals surface area contributed by atoms with Gasteiger partial charge in [-0.05, 0) is 45.2 Å². The van der Waals surface area contributed by atoms with Gasteiger partial charge >= 0.3 is 26.2 Å². The molecule has 51 heavy (non-hydrogen) atoms. The largest absolute Gasteiger partial charge is 2.00 e. The van der Waals surface area contributed by atoms with Gasteiger partial charge in [-0.3, -0.25) is 9.97 Å². The van der Waals surface area contributed by atoms with E-state index in [1.165, 1.54) is 66.1 Å². The van der Waals surface area contributed by atoms with Crippen LogP contribution in [-0.2, 0) is 37.0 Å². The molecule has 2 aromatic heterocycles.